The van der Waals surface area contributed by atoms with Crippen molar-refractivity contribution < 1.29 is 14.3 Å². The third-order valence-corrected chi connectivity index (χ3v) is 3.29. The minimum atomic E-state index is -0.392. The number of aromatic nitrogens is 2. The van der Waals surface area contributed by atoms with Crippen LogP contribution in [0.5, 0.6) is 0 Å². The lowest BCUT2D eigenvalue weighted by Crippen LogP contribution is -2.24. The smallest absolute Gasteiger partial charge is 0.337 e. The van der Waals surface area contributed by atoms with Crippen LogP contribution in [-0.2, 0) is 4.74 Å². The number of nitrogens with zero attached hydrogens (tertiary/aromatic N) is 2. The molecule has 0 radical (unpaired) electrons. The molecular weight excluding hydrogens is 308 g/mol. The number of esters is 1. The van der Waals surface area contributed by atoms with Crippen molar-refractivity contribution in [1.29, 1.82) is 0 Å². The molecular formula is C17H20N4O3. The Bertz CT molecular complexity index is 684. The Morgan fingerprint density at radius 3 is 2.33 bits per heavy atom. The molecule has 0 bridgehead atoms. The van der Waals surface area contributed by atoms with Crippen molar-refractivity contribution in [3.8, 4) is 0 Å². The number of hydrogen-bond donors (Lipinski definition) is 2. The zero-order valence-corrected chi connectivity index (χ0v) is 13.7. The monoisotopic (exact) mass is 328 g/mol. The lowest BCUT2D eigenvalue weighted by Gasteiger charge is -2.07. The number of benzene rings is 1. The summed E-state index contributed by atoms with van der Waals surface area (Å²) in [5.74, 6) is -0.209. The normalized spacial score (nSPS) is 10.1. The second-order valence-corrected chi connectivity index (χ2v) is 5.10. The molecule has 0 saturated carbocycles. The largest absolute Gasteiger partial charge is 0.465 e. The zero-order valence-electron chi connectivity index (χ0n) is 13.7. The maximum absolute atomic E-state index is 11.9. The summed E-state index contributed by atoms with van der Waals surface area (Å²) in [5.41, 5.74) is 1.60. The van der Waals surface area contributed by atoms with Gasteiger partial charge in [0.2, 0.25) is 5.95 Å². The Morgan fingerprint density at radius 2 is 1.75 bits per heavy atom. The maximum Gasteiger partial charge on any atom is 0.337 e. The maximum atomic E-state index is 11.9. The van der Waals surface area contributed by atoms with Crippen molar-refractivity contribution in [2.45, 2.75) is 19.8 Å². The molecule has 0 aliphatic rings. The molecule has 1 heterocycles. The van der Waals surface area contributed by atoms with E-state index in [9.17, 15) is 9.59 Å². The fourth-order valence-corrected chi connectivity index (χ4v) is 1.93. The summed E-state index contributed by atoms with van der Waals surface area (Å²) in [5, 5.41) is 5.81. The average Bonchev–Trinajstić information content (AvgIpc) is 2.62. The molecule has 0 atom stereocenters. The van der Waals surface area contributed by atoms with E-state index in [1.54, 1.807) is 24.3 Å². The van der Waals surface area contributed by atoms with Crippen LogP contribution in [-0.4, -0.2) is 35.5 Å². The third kappa shape index (κ3) is 4.77. The van der Waals surface area contributed by atoms with Crippen LogP contribution >= 0.6 is 0 Å². The summed E-state index contributed by atoms with van der Waals surface area (Å²) in [6.45, 7) is 2.70. The van der Waals surface area contributed by atoms with Crippen LogP contribution < -0.4 is 10.6 Å². The molecule has 24 heavy (non-hydrogen) atoms. The molecule has 7 heteroatoms. The van der Waals surface area contributed by atoms with Gasteiger partial charge >= 0.3 is 5.97 Å². The topological polar surface area (TPSA) is 93.2 Å². The number of nitrogens with one attached hydrogen (secondary N) is 2. The Kier molecular flexibility index (Phi) is 6.24. The number of hydrogen-bond acceptors (Lipinski definition) is 6. The molecule has 7 nitrogen and oxygen atoms in total. The van der Waals surface area contributed by atoms with Crippen molar-refractivity contribution >= 4 is 23.5 Å². The quantitative estimate of drug-likeness (QED) is 0.599. The number of carbonyl (C=O) groups is 2. The zero-order chi connectivity index (χ0) is 17.4. The van der Waals surface area contributed by atoms with E-state index in [1.165, 1.54) is 19.5 Å². The van der Waals surface area contributed by atoms with E-state index in [1.807, 2.05) is 0 Å². The van der Waals surface area contributed by atoms with Gasteiger partial charge in [0.15, 0.2) is 0 Å². The van der Waals surface area contributed by atoms with E-state index in [2.05, 4.69) is 32.3 Å². The van der Waals surface area contributed by atoms with E-state index in [0.717, 1.165) is 18.5 Å². The summed E-state index contributed by atoms with van der Waals surface area (Å²) < 4.78 is 4.64. The van der Waals surface area contributed by atoms with Gasteiger partial charge in [-0.25, -0.2) is 14.8 Å². The van der Waals surface area contributed by atoms with Gasteiger partial charge in [0, 0.05) is 24.6 Å². The van der Waals surface area contributed by atoms with Gasteiger partial charge in [0.1, 0.15) is 0 Å². The molecule has 2 rings (SSSR count). The first kappa shape index (κ1) is 17.4. The standard InChI is InChI=1S/C17H20N4O3/c1-3-4-9-18-15(22)13-10-19-17(20-11-13)21-14-7-5-12(6-8-14)16(23)24-2/h5-8,10-11H,3-4,9H2,1-2H3,(H,18,22)(H,19,20,21). The number of amides is 1. The summed E-state index contributed by atoms with van der Waals surface area (Å²) in [7, 11) is 1.34. The third-order valence-electron chi connectivity index (χ3n) is 3.29. The number of ether oxygens (including phenoxy) is 1. The molecule has 2 aromatic rings. The first-order valence-corrected chi connectivity index (χ1v) is 7.69. The number of rotatable bonds is 7. The second-order valence-electron chi connectivity index (χ2n) is 5.10. The van der Waals surface area contributed by atoms with Gasteiger partial charge in [0.05, 0.1) is 18.2 Å². The molecule has 0 spiro atoms. The predicted octanol–water partition coefficient (Wildman–Crippen LogP) is 2.54. The van der Waals surface area contributed by atoms with Crippen molar-refractivity contribution in [3.63, 3.8) is 0 Å². The van der Waals surface area contributed by atoms with Crippen LogP contribution in [0.15, 0.2) is 36.7 Å². The number of unbranched alkanes of at least 4 members (excludes halogenated alkanes) is 1. The highest BCUT2D eigenvalue weighted by Crippen LogP contribution is 2.14. The summed E-state index contributed by atoms with van der Waals surface area (Å²) in [4.78, 5) is 31.5. The van der Waals surface area contributed by atoms with Crippen LogP contribution in [0.25, 0.3) is 0 Å². The van der Waals surface area contributed by atoms with E-state index >= 15 is 0 Å². The van der Waals surface area contributed by atoms with Crippen molar-refractivity contribution in [2.24, 2.45) is 0 Å². The van der Waals surface area contributed by atoms with Crippen LogP contribution in [0, 0.1) is 0 Å². The number of carbonyl (C=O) groups excluding carboxylic acids is 2. The Morgan fingerprint density at radius 1 is 1.08 bits per heavy atom. The molecule has 1 aromatic carbocycles. The molecule has 0 aliphatic heterocycles. The van der Waals surface area contributed by atoms with Crippen molar-refractivity contribution in [2.75, 3.05) is 19.0 Å². The summed E-state index contributed by atoms with van der Waals surface area (Å²) >= 11 is 0. The van der Waals surface area contributed by atoms with Crippen molar-refractivity contribution in [1.82, 2.24) is 15.3 Å². The number of methoxy groups -OCH3 is 1. The summed E-state index contributed by atoms with van der Waals surface area (Å²) in [6, 6.07) is 6.73. The molecule has 0 aliphatic carbocycles. The molecule has 2 N–H and O–H groups in total. The van der Waals surface area contributed by atoms with E-state index in [-0.39, 0.29) is 5.91 Å². The first-order chi connectivity index (χ1) is 11.6. The fourth-order valence-electron chi connectivity index (χ4n) is 1.93. The minimum Gasteiger partial charge on any atom is -0.465 e. The highest BCUT2D eigenvalue weighted by atomic mass is 16.5. The molecule has 0 saturated heterocycles. The Balaban J connectivity index is 1.96. The first-order valence-electron chi connectivity index (χ1n) is 7.69. The lowest BCUT2D eigenvalue weighted by molar-refractivity contribution is 0.0600. The SMILES string of the molecule is CCCCNC(=O)c1cnc(Nc2ccc(C(=O)OC)cc2)nc1. The van der Waals surface area contributed by atoms with Gasteiger partial charge in [0.25, 0.3) is 5.91 Å². The second kappa shape index (κ2) is 8.61. The molecule has 1 aromatic heterocycles. The molecule has 1 amide bonds. The van der Waals surface area contributed by atoms with Crippen LogP contribution in [0.2, 0.25) is 0 Å². The summed E-state index contributed by atoms with van der Waals surface area (Å²) in [6.07, 6.45) is 4.90. The van der Waals surface area contributed by atoms with Crippen LogP contribution in [0.1, 0.15) is 40.5 Å². The van der Waals surface area contributed by atoms with Gasteiger partial charge in [-0.15, -0.1) is 0 Å². The minimum absolute atomic E-state index is 0.183. The molecule has 0 unspecified atom stereocenters. The van der Waals surface area contributed by atoms with E-state index < -0.39 is 5.97 Å². The van der Waals surface area contributed by atoms with Gasteiger partial charge in [-0.1, -0.05) is 13.3 Å². The van der Waals surface area contributed by atoms with Crippen LogP contribution in [0.3, 0.4) is 0 Å². The van der Waals surface area contributed by atoms with Gasteiger partial charge < -0.3 is 15.4 Å². The van der Waals surface area contributed by atoms with E-state index in [0.29, 0.717) is 23.6 Å². The molecule has 126 valence electrons. The number of anilines is 2. The molecule has 0 fully saturated rings. The lowest BCUT2D eigenvalue weighted by atomic mass is 10.2. The van der Waals surface area contributed by atoms with Crippen LogP contribution in [0.4, 0.5) is 11.6 Å². The van der Waals surface area contributed by atoms with Crippen molar-refractivity contribution in [3.05, 3.63) is 47.8 Å². The Labute approximate surface area is 140 Å². The van der Waals surface area contributed by atoms with Gasteiger partial charge in [-0.2, -0.15) is 0 Å². The highest BCUT2D eigenvalue weighted by Gasteiger charge is 2.07. The van der Waals surface area contributed by atoms with E-state index in [4.69, 9.17) is 0 Å². The fraction of sp³-hybridized carbons (Fsp3) is 0.294. The van der Waals surface area contributed by atoms with Gasteiger partial charge in [-0.05, 0) is 30.7 Å². The predicted molar refractivity (Wildman–Crippen MR) is 90.3 cm³/mol. The highest BCUT2D eigenvalue weighted by molar-refractivity contribution is 5.93. The average molecular weight is 328 g/mol. The van der Waals surface area contributed by atoms with Gasteiger partial charge in [-0.3, -0.25) is 4.79 Å². The Hall–Kier alpha value is -2.96.